The van der Waals surface area contributed by atoms with Gasteiger partial charge in [-0.3, -0.25) is 4.79 Å². The number of hydrogen-bond acceptors (Lipinski definition) is 7. The molecule has 1 fully saturated rings. The summed E-state index contributed by atoms with van der Waals surface area (Å²) in [4.78, 5) is 23.8. The number of nitrogens with zero attached hydrogens (tertiary/aromatic N) is 5. The maximum absolute atomic E-state index is 12.6. The Morgan fingerprint density at radius 2 is 1.81 bits per heavy atom. The molecular formula is C19H28N6OS. The minimum atomic E-state index is -0.00680. The van der Waals surface area contributed by atoms with Crippen LogP contribution >= 0.6 is 11.3 Å². The van der Waals surface area contributed by atoms with E-state index in [9.17, 15) is 4.79 Å². The molecule has 0 atom stereocenters. The lowest BCUT2D eigenvalue weighted by atomic mass is 9.96. The first-order valence-corrected chi connectivity index (χ1v) is 10.5. The summed E-state index contributed by atoms with van der Waals surface area (Å²) in [5.41, 5.74) is 1.95. The SMILES string of the molecule is CCC(CC)c1nnc(NC(=O)C2CCN(c3nc(C)cc(C)n3)CC2)s1. The van der Waals surface area contributed by atoms with Gasteiger partial charge in [0, 0.05) is 36.3 Å². The zero-order valence-electron chi connectivity index (χ0n) is 16.5. The van der Waals surface area contributed by atoms with Crippen LogP contribution in [0.25, 0.3) is 0 Å². The molecule has 3 heterocycles. The highest BCUT2D eigenvalue weighted by Crippen LogP contribution is 2.29. The lowest BCUT2D eigenvalue weighted by Gasteiger charge is -2.31. The van der Waals surface area contributed by atoms with E-state index in [0.29, 0.717) is 11.0 Å². The predicted molar refractivity (Wildman–Crippen MR) is 108 cm³/mol. The average Bonchev–Trinajstić information content (AvgIpc) is 3.10. The predicted octanol–water partition coefficient (Wildman–Crippen LogP) is 3.70. The normalized spacial score (nSPS) is 15.4. The number of nitrogens with one attached hydrogen (secondary N) is 1. The fourth-order valence-corrected chi connectivity index (χ4v) is 4.50. The summed E-state index contributed by atoms with van der Waals surface area (Å²) in [5.74, 6) is 1.23. The molecule has 0 radical (unpaired) electrons. The van der Waals surface area contributed by atoms with Gasteiger partial charge in [-0.2, -0.15) is 0 Å². The van der Waals surface area contributed by atoms with Gasteiger partial charge in [0.25, 0.3) is 0 Å². The van der Waals surface area contributed by atoms with Gasteiger partial charge in [0.1, 0.15) is 5.01 Å². The average molecular weight is 389 g/mol. The second-order valence-electron chi connectivity index (χ2n) is 7.16. The molecule has 2 aromatic heterocycles. The molecule has 0 aromatic carbocycles. The molecule has 146 valence electrons. The molecule has 0 aliphatic carbocycles. The molecule has 0 spiro atoms. The van der Waals surface area contributed by atoms with Gasteiger partial charge >= 0.3 is 0 Å². The van der Waals surface area contributed by atoms with E-state index >= 15 is 0 Å². The third kappa shape index (κ3) is 4.80. The summed E-state index contributed by atoms with van der Waals surface area (Å²) < 4.78 is 0. The van der Waals surface area contributed by atoms with Crippen LogP contribution in [0.5, 0.6) is 0 Å². The molecule has 8 heteroatoms. The standard InChI is InChI=1S/C19H28N6OS/c1-5-14(6-2)17-23-24-19(27-17)22-16(26)15-7-9-25(10-8-15)18-20-12(3)11-13(4)21-18/h11,14-15H,5-10H2,1-4H3,(H,22,24,26). The molecule has 0 unspecified atom stereocenters. The van der Waals surface area contributed by atoms with Crippen LogP contribution in [0, 0.1) is 19.8 Å². The molecule has 1 saturated heterocycles. The molecular weight excluding hydrogens is 360 g/mol. The summed E-state index contributed by atoms with van der Waals surface area (Å²) in [6, 6.07) is 1.97. The van der Waals surface area contributed by atoms with Crippen LogP contribution in [0.15, 0.2) is 6.07 Å². The molecule has 0 saturated carbocycles. The van der Waals surface area contributed by atoms with E-state index < -0.39 is 0 Å². The quantitative estimate of drug-likeness (QED) is 0.812. The van der Waals surface area contributed by atoms with Crippen molar-refractivity contribution in [1.29, 1.82) is 0 Å². The molecule has 1 aliphatic heterocycles. The molecule has 2 aromatic rings. The third-order valence-electron chi connectivity index (χ3n) is 5.12. The molecule has 0 bridgehead atoms. The Balaban J connectivity index is 1.55. The smallest absolute Gasteiger partial charge is 0.229 e. The number of carbonyl (C=O) groups excluding carboxylic acids is 1. The fourth-order valence-electron chi connectivity index (χ4n) is 3.49. The summed E-state index contributed by atoms with van der Waals surface area (Å²) in [6.07, 6.45) is 3.66. The van der Waals surface area contributed by atoms with Crippen LogP contribution < -0.4 is 10.2 Å². The van der Waals surface area contributed by atoms with Crippen LogP contribution in [0.1, 0.15) is 61.8 Å². The fraction of sp³-hybridized carbons (Fsp3) is 0.632. The maximum Gasteiger partial charge on any atom is 0.229 e. The van der Waals surface area contributed by atoms with E-state index in [1.165, 1.54) is 11.3 Å². The van der Waals surface area contributed by atoms with Crippen molar-refractivity contribution in [2.75, 3.05) is 23.3 Å². The van der Waals surface area contributed by atoms with Gasteiger partial charge in [0.2, 0.25) is 17.0 Å². The third-order valence-corrected chi connectivity index (χ3v) is 6.13. The Morgan fingerprint density at radius 3 is 2.41 bits per heavy atom. The first-order valence-electron chi connectivity index (χ1n) is 9.71. The van der Waals surface area contributed by atoms with E-state index in [1.54, 1.807) is 0 Å². The number of rotatable bonds is 6. The Morgan fingerprint density at radius 1 is 1.19 bits per heavy atom. The van der Waals surface area contributed by atoms with E-state index in [0.717, 1.165) is 61.1 Å². The van der Waals surface area contributed by atoms with E-state index in [4.69, 9.17) is 0 Å². The number of piperidine rings is 1. The second-order valence-corrected chi connectivity index (χ2v) is 8.17. The van der Waals surface area contributed by atoms with Gasteiger partial charge in [0.05, 0.1) is 0 Å². The van der Waals surface area contributed by atoms with Gasteiger partial charge in [-0.05, 0) is 45.6 Å². The second kappa shape index (κ2) is 8.73. The number of aromatic nitrogens is 4. The van der Waals surface area contributed by atoms with E-state index in [2.05, 4.69) is 44.2 Å². The highest BCUT2D eigenvalue weighted by Gasteiger charge is 2.27. The number of hydrogen-bond donors (Lipinski definition) is 1. The number of aryl methyl sites for hydroxylation is 2. The molecule has 3 rings (SSSR count). The van der Waals surface area contributed by atoms with Crippen LogP contribution in [-0.4, -0.2) is 39.2 Å². The van der Waals surface area contributed by atoms with Crippen molar-refractivity contribution in [2.24, 2.45) is 5.92 Å². The van der Waals surface area contributed by atoms with Crippen LogP contribution in [0.3, 0.4) is 0 Å². The summed E-state index contributed by atoms with van der Waals surface area (Å²) in [5, 5.41) is 13.0. The van der Waals surface area contributed by atoms with Gasteiger partial charge in [0.15, 0.2) is 0 Å². The summed E-state index contributed by atoms with van der Waals surface area (Å²) in [7, 11) is 0. The largest absolute Gasteiger partial charge is 0.341 e. The van der Waals surface area contributed by atoms with Crippen molar-refractivity contribution in [3.8, 4) is 0 Å². The lowest BCUT2D eigenvalue weighted by molar-refractivity contribution is -0.120. The van der Waals surface area contributed by atoms with Crippen LogP contribution in [0.2, 0.25) is 0 Å². The van der Waals surface area contributed by atoms with E-state index in [-0.39, 0.29) is 11.8 Å². The zero-order chi connectivity index (χ0) is 19.4. The van der Waals surface area contributed by atoms with Gasteiger partial charge in [-0.25, -0.2) is 9.97 Å². The van der Waals surface area contributed by atoms with Crippen LogP contribution in [0.4, 0.5) is 11.1 Å². The molecule has 1 aliphatic rings. The first-order chi connectivity index (χ1) is 13.0. The number of amides is 1. The number of carbonyl (C=O) groups is 1. The Hall–Kier alpha value is -2.09. The summed E-state index contributed by atoms with van der Waals surface area (Å²) in [6.45, 7) is 9.85. The van der Waals surface area contributed by atoms with Crippen molar-refractivity contribution < 1.29 is 4.79 Å². The summed E-state index contributed by atoms with van der Waals surface area (Å²) >= 11 is 1.50. The Labute approximate surface area is 164 Å². The Bertz CT molecular complexity index is 760. The van der Waals surface area contributed by atoms with Gasteiger partial charge in [-0.15, -0.1) is 10.2 Å². The molecule has 27 heavy (non-hydrogen) atoms. The van der Waals surface area contributed by atoms with Crippen molar-refractivity contribution in [3.63, 3.8) is 0 Å². The topological polar surface area (TPSA) is 83.9 Å². The van der Waals surface area contributed by atoms with Crippen molar-refractivity contribution >= 4 is 28.3 Å². The molecule has 1 amide bonds. The maximum atomic E-state index is 12.6. The zero-order valence-corrected chi connectivity index (χ0v) is 17.3. The first kappa shape index (κ1) is 19.7. The van der Waals surface area contributed by atoms with Crippen molar-refractivity contribution in [2.45, 2.75) is 59.3 Å². The van der Waals surface area contributed by atoms with Crippen LogP contribution in [-0.2, 0) is 4.79 Å². The van der Waals surface area contributed by atoms with Crippen molar-refractivity contribution in [1.82, 2.24) is 20.2 Å². The molecule has 7 nitrogen and oxygen atoms in total. The lowest BCUT2D eigenvalue weighted by Crippen LogP contribution is -2.39. The molecule has 1 N–H and O–H groups in total. The highest BCUT2D eigenvalue weighted by molar-refractivity contribution is 7.15. The Kier molecular flexibility index (Phi) is 6.36. The minimum Gasteiger partial charge on any atom is -0.341 e. The van der Waals surface area contributed by atoms with Gasteiger partial charge in [-0.1, -0.05) is 25.2 Å². The van der Waals surface area contributed by atoms with Crippen molar-refractivity contribution in [3.05, 3.63) is 22.5 Å². The monoisotopic (exact) mass is 388 g/mol. The number of anilines is 2. The highest BCUT2D eigenvalue weighted by atomic mass is 32.1. The minimum absolute atomic E-state index is 0.00680. The van der Waals surface area contributed by atoms with E-state index in [1.807, 2.05) is 19.9 Å². The van der Waals surface area contributed by atoms with Gasteiger partial charge < -0.3 is 10.2 Å².